The highest BCUT2D eigenvalue weighted by atomic mass is 16.2. The molecular formula is C18H27N3O2. The monoisotopic (exact) mass is 317 g/mol. The first-order valence-corrected chi connectivity index (χ1v) is 8.31. The van der Waals surface area contributed by atoms with Crippen LogP contribution >= 0.6 is 0 Å². The van der Waals surface area contributed by atoms with Crippen LogP contribution in [0.15, 0.2) is 24.3 Å². The van der Waals surface area contributed by atoms with Crippen LogP contribution in [-0.4, -0.2) is 55.3 Å². The molecule has 0 spiro atoms. The molecule has 5 nitrogen and oxygen atoms in total. The summed E-state index contributed by atoms with van der Waals surface area (Å²) < 4.78 is 0. The number of fused-ring (bicyclic) bond motifs is 1. The molecule has 0 fully saturated rings. The number of aryl methyl sites for hydroxylation is 1. The van der Waals surface area contributed by atoms with Crippen molar-refractivity contribution in [2.75, 3.05) is 33.7 Å². The number of carbonyl (C=O) groups is 2. The zero-order valence-electron chi connectivity index (χ0n) is 14.3. The van der Waals surface area contributed by atoms with Crippen LogP contribution in [0.1, 0.15) is 36.9 Å². The van der Waals surface area contributed by atoms with Gasteiger partial charge in [-0.3, -0.25) is 14.5 Å². The number of rotatable bonds is 7. The van der Waals surface area contributed by atoms with Crippen LogP contribution < -0.4 is 5.32 Å². The SMILES string of the molecule is CCCNC(=O)CN(C)C(=O)CN(C)C1CCc2ccccc21. The fourth-order valence-corrected chi connectivity index (χ4v) is 3.06. The average molecular weight is 317 g/mol. The topological polar surface area (TPSA) is 52.7 Å². The van der Waals surface area contributed by atoms with Gasteiger partial charge in [-0.2, -0.15) is 0 Å². The Balaban J connectivity index is 1.86. The molecule has 1 unspecified atom stereocenters. The normalized spacial score (nSPS) is 16.3. The van der Waals surface area contributed by atoms with Crippen molar-refractivity contribution in [2.45, 2.75) is 32.2 Å². The first-order chi connectivity index (χ1) is 11.0. The van der Waals surface area contributed by atoms with Gasteiger partial charge in [-0.15, -0.1) is 0 Å². The van der Waals surface area contributed by atoms with E-state index in [0.717, 1.165) is 19.3 Å². The van der Waals surface area contributed by atoms with Crippen molar-refractivity contribution in [3.63, 3.8) is 0 Å². The number of amides is 2. The fraction of sp³-hybridized carbons (Fsp3) is 0.556. The molecule has 5 heteroatoms. The van der Waals surface area contributed by atoms with E-state index in [9.17, 15) is 9.59 Å². The molecule has 0 saturated carbocycles. The summed E-state index contributed by atoms with van der Waals surface area (Å²) >= 11 is 0. The second-order valence-corrected chi connectivity index (χ2v) is 6.27. The van der Waals surface area contributed by atoms with Gasteiger partial charge in [0, 0.05) is 19.6 Å². The highest BCUT2D eigenvalue weighted by Gasteiger charge is 2.27. The molecule has 23 heavy (non-hydrogen) atoms. The number of hydrogen-bond acceptors (Lipinski definition) is 3. The van der Waals surface area contributed by atoms with E-state index in [1.165, 1.54) is 16.0 Å². The van der Waals surface area contributed by atoms with E-state index in [1.807, 2.05) is 14.0 Å². The molecule has 1 aliphatic rings. The second kappa shape index (κ2) is 8.11. The molecule has 1 atom stereocenters. The van der Waals surface area contributed by atoms with Gasteiger partial charge < -0.3 is 10.2 Å². The summed E-state index contributed by atoms with van der Waals surface area (Å²) in [6.07, 6.45) is 3.01. The van der Waals surface area contributed by atoms with E-state index in [-0.39, 0.29) is 24.4 Å². The van der Waals surface area contributed by atoms with Crippen molar-refractivity contribution in [2.24, 2.45) is 0 Å². The van der Waals surface area contributed by atoms with Crippen molar-refractivity contribution in [1.29, 1.82) is 0 Å². The highest BCUT2D eigenvalue weighted by Crippen LogP contribution is 2.34. The van der Waals surface area contributed by atoms with E-state index in [0.29, 0.717) is 13.1 Å². The smallest absolute Gasteiger partial charge is 0.239 e. The predicted molar refractivity (Wildman–Crippen MR) is 91.1 cm³/mol. The Morgan fingerprint density at radius 3 is 2.70 bits per heavy atom. The lowest BCUT2D eigenvalue weighted by atomic mass is 10.1. The summed E-state index contributed by atoms with van der Waals surface area (Å²) in [7, 11) is 3.67. The lowest BCUT2D eigenvalue weighted by Gasteiger charge is -2.27. The van der Waals surface area contributed by atoms with Gasteiger partial charge in [-0.1, -0.05) is 31.2 Å². The minimum absolute atomic E-state index is 0.0245. The molecule has 1 aromatic rings. The van der Waals surface area contributed by atoms with Crippen LogP contribution in [0.25, 0.3) is 0 Å². The number of nitrogens with one attached hydrogen (secondary N) is 1. The molecule has 0 aliphatic heterocycles. The maximum atomic E-state index is 12.3. The molecule has 2 rings (SSSR count). The van der Waals surface area contributed by atoms with Crippen molar-refractivity contribution >= 4 is 11.8 Å². The summed E-state index contributed by atoms with van der Waals surface area (Å²) in [4.78, 5) is 27.6. The van der Waals surface area contributed by atoms with Gasteiger partial charge in [0.1, 0.15) is 0 Å². The van der Waals surface area contributed by atoms with E-state index in [1.54, 1.807) is 7.05 Å². The zero-order valence-corrected chi connectivity index (χ0v) is 14.3. The summed E-state index contributed by atoms with van der Waals surface area (Å²) in [5.74, 6) is -0.125. The summed E-state index contributed by atoms with van der Waals surface area (Å²) in [6.45, 7) is 3.10. The van der Waals surface area contributed by atoms with Gasteiger partial charge >= 0.3 is 0 Å². The minimum Gasteiger partial charge on any atom is -0.355 e. The zero-order chi connectivity index (χ0) is 16.8. The lowest BCUT2D eigenvalue weighted by molar-refractivity contribution is -0.135. The molecule has 0 heterocycles. The Labute approximate surface area is 138 Å². The van der Waals surface area contributed by atoms with E-state index in [4.69, 9.17) is 0 Å². The standard InChI is InChI=1S/C18H27N3O2/c1-4-11-19-17(22)12-21(3)18(23)13-20(2)16-10-9-14-7-5-6-8-15(14)16/h5-8,16H,4,9-13H2,1-3H3,(H,19,22). The van der Waals surface area contributed by atoms with Crippen molar-refractivity contribution in [3.05, 3.63) is 35.4 Å². The number of likely N-dealkylation sites (N-methyl/N-ethyl adjacent to an activating group) is 2. The van der Waals surface area contributed by atoms with Gasteiger partial charge in [0.2, 0.25) is 11.8 Å². The van der Waals surface area contributed by atoms with Crippen LogP contribution in [0.3, 0.4) is 0 Å². The molecule has 0 bridgehead atoms. The summed E-state index contributed by atoms with van der Waals surface area (Å²) in [6, 6.07) is 8.72. The Bertz CT molecular complexity index is 559. The summed E-state index contributed by atoms with van der Waals surface area (Å²) in [5.41, 5.74) is 2.70. The third-order valence-electron chi connectivity index (χ3n) is 4.40. The molecule has 1 aromatic carbocycles. The predicted octanol–water partition coefficient (Wildman–Crippen LogP) is 1.59. The molecule has 0 radical (unpaired) electrons. The molecule has 2 amide bonds. The van der Waals surface area contributed by atoms with Crippen LogP contribution in [-0.2, 0) is 16.0 Å². The maximum absolute atomic E-state index is 12.3. The quantitative estimate of drug-likeness (QED) is 0.831. The first-order valence-electron chi connectivity index (χ1n) is 8.31. The number of hydrogen-bond donors (Lipinski definition) is 1. The minimum atomic E-state index is -0.100. The van der Waals surface area contributed by atoms with Crippen LogP contribution in [0.4, 0.5) is 0 Å². The van der Waals surface area contributed by atoms with E-state index in [2.05, 4.69) is 34.5 Å². The molecular weight excluding hydrogens is 290 g/mol. The van der Waals surface area contributed by atoms with Crippen molar-refractivity contribution in [3.8, 4) is 0 Å². The second-order valence-electron chi connectivity index (χ2n) is 6.27. The number of nitrogens with zero attached hydrogens (tertiary/aromatic N) is 2. The Morgan fingerprint density at radius 1 is 1.22 bits per heavy atom. The lowest BCUT2D eigenvalue weighted by Crippen LogP contribution is -2.43. The van der Waals surface area contributed by atoms with Gasteiger partial charge in [0.25, 0.3) is 0 Å². The third kappa shape index (κ3) is 4.55. The maximum Gasteiger partial charge on any atom is 0.239 e. The van der Waals surface area contributed by atoms with Crippen LogP contribution in [0.5, 0.6) is 0 Å². The van der Waals surface area contributed by atoms with Gasteiger partial charge in [0.05, 0.1) is 13.1 Å². The fourth-order valence-electron chi connectivity index (χ4n) is 3.06. The number of benzene rings is 1. The van der Waals surface area contributed by atoms with Crippen molar-refractivity contribution in [1.82, 2.24) is 15.1 Å². The molecule has 0 aromatic heterocycles. The largest absolute Gasteiger partial charge is 0.355 e. The molecule has 1 aliphatic carbocycles. The van der Waals surface area contributed by atoms with Gasteiger partial charge in [0.15, 0.2) is 0 Å². The average Bonchev–Trinajstić information content (AvgIpc) is 2.96. The third-order valence-corrected chi connectivity index (χ3v) is 4.40. The number of carbonyl (C=O) groups excluding carboxylic acids is 2. The molecule has 0 saturated heterocycles. The highest BCUT2D eigenvalue weighted by molar-refractivity contribution is 5.85. The Morgan fingerprint density at radius 2 is 1.96 bits per heavy atom. The molecule has 126 valence electrons. The first kappa shape index (κ1) is 17.5. The molecule has 1 N–H and O–H groups in total. The van der Waals surface area contributed by atoms with Crippen molar-refractivity contribution < 1.29 is 9.59 Å². The Kier molecular flexibility index (Phi) is 6.16. The summed E-state index contributed by atoms with van der Waals surface area (Å²) in [5, 5.41) is 2.79. The van der Waals surface area contributed by atoms with Gasteiger partial charge in [-0.25, -0.2) is 0 Å². The van der Waals surface area contributed by atoms with E-state index >= 15 is 0 Å². The van der Waals surface area contributed by atoms with Gasteiger partial charge in [-0.05, 0) is 37.4 Å². The Hall–Kier alpha value is -1.88. The van der Waals surface area contributed by atoms with Crippen LogP contribution in [0, 0.1) is 0 Å². The van der Waals surface area contributed by atoms with Crippen LogP contribution in [0.2, 0.25) is 0 Å². The van der Waals surface area contributed by atoms with E-state index < -0.39 is 0 Å².